The van der Waals surface area contributed by atoms with Gasteiger partial charge in [-0.25, -0.2) is 0 Å². The van der Waals surface area contributed by atoms with Crippen LogP contribution in [0.3, 0.4) is 0 Å². The quantitative estimate of drug-likeness (QED) is 0.585. The van der Waals surface area contributed by atoms with Gasteiger partial charge >= 0.3 is 23.1 Å². The Labute approximate surface area is 133 Å². The zero-order chi connectivity index (χ0) is 10.5. The fraction of sp³-hybridized carbons (Fsp3) is 0.0769. The second kappa shape index (κ2) is 8.81. The van der Waals surface area contributed by atoms with Gasteiger partial charge in [0.25, 0.3) is 0 Å². The number of benzene rings is 2. The first kappa shape index (κ1) is 16.8. The van der Waals surface area contributed by atoms with E-state index in [4.69, 9.17) is 16.3 Å². The molecule has 84 valence electrons. The number of ether oxygens (including phenoxy) is 1. The standard InChI is InChI=1S/C13H10ClO.BrH.Mg/c14-12-6-4-5-11(9-12)10-15-13-7-2-1-3-8-13;;/h1-2,4-9H,10H2;1H;/q-1;;+2/p-1. The Kier molecular flexibility index (Phi) is 8.69. The van der Waals surface area contributed by atoms with Crippen LogP contribution in [0.25, 0.3) is 0 Å². The smallest absolute Gasteiger partial charge is 1.00 e. The van der Waals surface area contributed by atoms with Gasteiger partial charge < -0.3 is 21.7 Å². The van der Waals surface area contributed by atoms with E-state index in [0.717, 1.165) is 16.3 Å². The third-order valence-electron chi connectivity index (χ3n) is 1.97. The Bertz CT molecular complexity index is 436. The maximum absolute atomic E-state index is 5.86. The van der Waals surface area contributed by atoms with E-state index >= 15 is 0 Å². The van der Waals surface area contributed by atoms with Crippen molar-refractivity contribution in [3.05, 3.63) is 65.2 Å². The first-order valence-electron chi connectivity index (χ1n) is 4.68. The Morgan fingerprint density at radius 2 is 2.00 bits per heavy atom. The molecule has 0 unspecified atom stereocenters. The van der Waals surface area contributed by atoms with Crippen molar-refractivity contribution in [2.75, 3.05) is 0 Å². The Balaban J connectivity index is 0.00000128. The summed E-state index contributed by atoms with van der Waals surface area (Å²) in [6, 6.07) is 18.1. The molecule has 0 aliphatic rings. The molecule has 0 saturated heterocycles. The maximum atomic E-state index is 5.86. The summed E-state index contributed by atoms with van der Waals surface area (Å²) in [7, 11) is 0. The summed E-state index contributed by atoms with van der Waals surface area (Å²) in [5, 5.41) is 0.732. The van der Waals surface area contributed by atoms with Crippen molar-refractivity contribution in [1.82, 2.24) is 0 Å². The van der Waals surface area contributed by atoms with E-state index in [1.54, 1.807) is 0 Å². The van der Waals surface area contributed by atoms with Crippen molar-refractivity contribution < 1.29 is 21.7 Å². The van der Waals surface area contributed by atoms with Crippen LogP contribution in [0.5, 0.6) is 5.75 Å². The zero-order valence-electron chi connectivity index (χ0n) is 9.20. The average molecular weight is 322 g/mol. The van der Waals surface area contributed by atoms with Crippen molar-refractivity contribution >= 4 is 34.7 Å². The fourth-order valence-corrected chi connectivity index (χ4v) is 1.47. The van der Waals surface area contributed by atoms with Gasteiger partial charge in [-0.3, -0.25) is 0 Å². The largest absolute Gasteiger partial charge is 2.00 e. The molecule has 0 heterocycles. The Morgan fingerprint density at radius 1 is 1.18 bits per heavy atom. The van der Waals surface area contributed by atoms with Crippen LogP contribution >= 0.6 is 11.6 Å². The van der Waals surface area contributed by atoms with E-state index in [1.165, 1.54) is 0 Å². The van der Waals surface area contributed by atoms with Gasteiger partial charge in [0, 0.05) is 10.8 Å². The molecule has 0 atom stereocenters. The van der Waals surface area contributed by atoms with Crippen LogP contribution in [0.15, 0.2) is 48.5 Å². The van der Waals surface area contributed by atoms with Crippen LogP contribution in [0.2, 0.25) is 5.02 Å². The number of rotatable bonds is 3. The van der Waals surface area contributed by atoms with Crippen molar-refractivity contribution in [3.63, 3.8) is 0 Å². The van der Waals surface area contributed by atoms with E-state index in [1.807, 2.05) is 48.5 Å². The fourth-order valence-electron chi connectivity index (χ4n) is 1.26. The van der Waals surface area contributed by atoms with E-state index in [2.05, 4.69) is 6.07 Å². The summed E-state index contributed by atoms with van der Waals surface area (Å²) in [5.74, 6) is 0.817. The van der Waals surface area contributed by atoms with Crippen molar-refractivity contribution in [2.45, 2.75) is 6.61 Å². The second-order valence-electron chi connectivity index (χ2n) is 3.16. The summed E-state index contributed by atoms with van der Waals surface area (Å²) in [4.78, 5) is 0. The summed E-state index contributed by atoms with van der Waals surface area (Å²) >= 11 is 5.86. The van der Waals surface area contributed by atoms with Crippen LogP contribution in [0, 0.1) is 6.07 Å². The number of hydrogen-bond acceptors (Lipinski definition) is 1. The zero-order valence-corrected chi connectivity index (χ0v) is 13.0. The maximum Gasteiger partial charge on any atom is 2.00 e. The van der Waals surface area contributed by atoms with Gasteiger partial charge in [-0.1, -0.05) is 23.7 Å². The average Bonchev–Trinajstić information content (AvgIpc) is 2.28. The number of hydrogen-bond donors (Lipinski definition) is 0. The van der Waals surface area contributed by atoms with Gasteiger partial charge in [-0.15, -0.1) is 12.1 Å². The predicted molar refractivity (Wildman–Crippen MR) is 66.8 cm³/mol. The first-order valence-corrected chi connectivity index (χ1v) is 5.06. The molecular formula is C13H10BrClMgO. The van der Waals surface area contributed by atoms with Crippen molar-refractivity contribution in [1.29, 1.82) is 0 Å². The Hall–Kier alpha value is -0.224. The topological polar surface area (TPSA) is 9.23 Å². The number of halogens is 2. The molecule has 1 nitrogen and oxygen atoms in total. The molecule has 0 bridgehead atoms. The molecule has 0 radical (unpaired) electrons. The molecule has 0 amide bonds. The van der Waals surface area contributed by atoms with E-state index < -0.39 is 0 Å². The van der Waals surface area contributed by atoms with Crippen LogP contribution in [-0.4, -0.2) is 23.1 Å². The minimum atomic E-state index is 0. The molecule has 4 heteroatoms. The molecule has 0 fully saturated rings. The van der Waals surface area contributed by atoms with Gasteiger partial charge in [-0.2, -0.15) is 18.2 Å². The van der Waals surface area contributed by atoms with Gasteiger partial charge in [0.2, 0.25) is 0 Å². The van der Waals surface area contributed by atoms with E-state index in [0.29, 0.717) is 6.61 Å². The molecule has 2 aromatic carbocycles. The van der Waals surface area contributed by atoms with E-state index in [9.17, 15) is 0 Å². The molecule has 0 saturated carbocycles. The first-order chi connectivity index (χ1) is 7.34. The van der Waals surface area contributed by atoms with Crippen LogP contribution in [-0.2, 0) is 6.61 Å². The predicted octanol–water partition coefficient (Wildman–Crippen LogP) is 0.342. The normalized spacial score (nSPS) is 8.76. The van der Waals surface area contributed by atoms with Gasteiger partial charge in [-0.05, 0) is 17.7 Å². The van der Waals surface area contributed by atoms with Crippen LogP contribution < -0.4 is 21.7 Å². The summed E-state index contributed by atoms with van der Waals surface area (Å²) in [6.45, 7) is 0.526. The van der Waals surface area contributed by atoms with Gasteiger partial charge in [0.15, 0.2) is 0 Å². The molecule has 0 aromatic heterocycles. The minimum Gasteiger partial charge on any atom is -1.00 e. The minimum absolute atomic E-state index is 0. The third kappa shape index (κ3) is 5.77. The molecular weight excluding hydrogens is 312 g/mol. The third-order valence-corrected chi connectivity index (χ3v) is 2.21. The van der Waals surface area contributed by atoms with Crippen molar-refractivity contribution in [3.8, 4) is 5.75 Å². The Morgan fingerprint density at radius 3 is 2.65 bits per heavy atom. The molecule has 0 aliphatic carbocycles. The molecule has 0 N–H and O–H groups in total. The SMILES string of the molecule is Clc1cccc(COc2c[c-]ccc2)c1.[Br-].[Mg+2]. The molecule has 2 rings (SSSR count). The van der Waals surface area contributed by atoms with Crippen LogP contribution in [0.1, 0.15) is 5.56 Å². The van der Waals surface area contributed by atoms with Crippen LogP contribution in [0.4, 0.5) is 0 Å². The molecule has 0 aliphatic heterocycles. The summed E-state index contributed by atoms with van der Waals surface area (Å²) in [5.41, 5.74) is 1.06. The monoisotopic (exact) mass is 320 g/mol. The van der Waals surface area contributed by atoms with Gasteiger partial charge in [0.05, 0.1) is 6.61 Å². The molecule has 0 spiro atoms. The second-order valence-corrected chi connectivity index (χ2v) is 3.59. The summed E-state index contributed by atoms with van der Waals surface area (Å²) in [6.07, 6.45) is 0. The van der Waals surface area contributed by atoms with Crippen molar-refractivity contribution in [2.24, 2.45) is 0 Å². The molecule has 17 heavy (non-hydrogen) atoms. The molecule has 2 aromatic rings. The summed E-state index contributed by atoms with van der Waals surface area (Å²) < 4.78 is 5.56. The van der Waals surface area contributed by atoms with E-state index in [-0.39, 0.29) is 40.0 Å². The van der Waals surface area contributed by atoms with Gasteiger partial charge in [0.1, 0.15) is 0 Å².